The van der Waals surface area contributed by atoms with Gasteiger partial charge in [0.25, 0.3) is 10.0 Å². The Morgan fingerprint density at radius 3 is 2.47 bits per heavy atom. The average molecular weight is 646 g/mol. The SMILES string of the molecule is COc1ccc(CN(c2nccs2)S(=O)(=O)c2cc(Cl)c(OC3CCN([C@H](C)c4ccccc4)CC3)cc2F)c(OC)c1. The number of hydrogen-bond acceptors (Lipinski definition) is 8. The minimum atomic E-state index is -4.44. The van der Waals surface area contributed by atoms with Crippen LogP contribution in [0.15, 0.2) is 77.1 Å². The predicted molar refractivity (Wildman–Crippen MR) is 167 cm³/mol. The highest BCUT2D eigenvalue weighted by molar-refractivity contribution is 7.93. The molecule has 0 spiro atoms. The second kappa shape index (κ2) is 13.5. The molecular weight excluding hydrogens is 613 g/mol. The van der Waals surface area contributed by atoms with E-state index in [-0.39, 0.29) is 34.6 Å². The van der Waals surface area contributed by atoms with E-state index in [1.54, 1.807) is 23.6 Å². The molecule has 8 nitrogen and oxygen atoms in total. The third-order valence-corrected chi connectivity index (χ3v) is 10.6. The number of likely N-dealkylation sites (tertiary alicyclic amines) is 1. The van der Waals surface area contributed by atoms with E-state index >= 15 is 4.39 Å². The number of hydrogen-bond donors (Lipinski definition) is 0. The summed E-state index contributed by atoms with van der Waals surface area (Å²) in [5.41, 5.74) is 1.79. The molecule has 1 fully saturated rings. The van der Waals surface area contributed by atoms with Crippen molar-refractivity contribution in [1.29, 1.82) is 0 Å². The lowest BCUT2D eigenvalue weighted by atomic mass is 10.0. The first kappa shape index (κ1) is 31.1. The Balaban J connectivity index is 1.34. The fourth-order valence-electron chi connectivity index (χ4n) is 5.15. The fourth-order valence-corrected chi connectivity index (χ4v) is 7.77. The first-order valence-electron chi connectivity index (χ1n) is 13.8. The summed E-state index contributed by atoms with van der Waals surface area (Å²) in [6.45, 7) is 3.65. The van der Waals surface area contributed by atoms with Crippen LogP contribution in [0, 0.1) is 5.82 Å². The lowest BCUT2D eigenvalue weighted by molar-refractivity contribution is 0.0795. The first-order chi connectivity index (χ1) is 20.7. The van der Waals surface area contributed by atoms with Gasteiger partial charge in [0.15, 0.2) is 5.13 Å². The number of ether oxygens (including phenoxy) is 3. The summed E-state index contributed by atoms with van der Waals surface area (Å²) in [5.74, 6) is 0.125. The van der Waals surface area contributed by atoms with Crippen LogP contribution in [0.1, 0.15) is 36.9 Å². The molecule has 3 aromatic carbocycles. The van der Waals surface area contributed by atoms with Crippen molar-refractivity contribution in [2.75, 3.05) is 31.6 Å². The van der Waals surface area contributed by atoms with Crippen LogP contribution in [-0.4, -0.2) is 51.7 Å². The summed E-state index contributed by atoms with van der Waals surface area (Å²) in [6.07, 6.45) is 2.78. The molecule has 2 heterocycles. The third kappa shape index (κ3) is 6.90. The largest absolute Gasteiger partial charge is 0.497 e. The van der Waals surface area contributed by atoms with Crippen LogP contribution in [0.4, 0.5) is 9.52 Å². The number of thiazole rings is 1. The molecular formula is C31H33ClFN3O5S2. The van der Waals surface area contributed by atoms with Crippen molar-refractivity contribution in [2.24, 2.45) is 0 Å². The molecule has 1 atom stereocenters. The zero-order chi connectivity index (χ0) is 30.6. The topological polar surface area (TPSA) is 81.2 Å². The molecule has 43 heavy (non-hydrogen) atoms. The number of benzene rings is 3. The second-order valence-corrected chi connectivity index (χ2v) is 13.3. The standard InChI is InChI=1S/C31H33ClFN3O5S2/c1-21(22-7-5-4-6-8-22)35-14-11-24(12-15-35)41-29-19-27(33)30(18-26(29)32)43(37,38)36(31-34-13-16-42-31)20-23-9-10-25(39-2)17-28(23)40-3/h4-10,13,16-19,21,24H,11-12,14-15,20H2,1-3H3/t21-/m1/s1. The highest BCUT2D eigenvalue weighted by atomic mass is 35.5. The lowest BCUT2D eigenvalue weighted by Gasteiger charge is -2.36. The van der Waals surface area contributed by atoms with E-state index < -0.39 is 20.7 Å². The maximum absolute atomic E-state index is 15.6. The zero-order valence-electron chi connectivity index (χ0n) is 24.1. The highest BCUT2D eigenvalue weighted by Crippen LogP contribution is 2.37. The Hall–Kier alpha value is -3.38. The van der Waals surface area contributed by atoms with Crippen LogP contribution >= 0.6 is 22.9 Å². The Labute approximate surface area is 260 Å². The number of halogens is 2. The van der Waals surface area contributed by atoms with E-state index in [1.165, 1.54) is 26.0 Å². The summed E-state index contributed by atoms with van der Waals surface area (Å²) < 4.78 is 61.3. The van der Waals surface area contributed by atoms with Crippen LogP contribution in [0.3, 0.4) is 0 Å². The number of piperidine rings is 1. The van der Waals surface area contributed by atoms with Gasteiger partial charge in [-0.25, -0.2) is 22.1 Å². The zero-order valence-corrected chi connectivity index (χ0v) is 26.5. The van der Waals surface area contributed by atoms with Crippen molar-refractivity contribution >= 4 is 38.1 Å². The van der Waals surface area contributed by atoms with Gasteiger partial charge >= 0.3 is 0 Å². The smallest absolute Gasteiger partial charge is 0.269 e. The number of rotatable bonds is 11. The summed E-state index contributed by atoms with van der Waals surface area (Å²) in [7, 11) is -1.43. The van der Waals surface area contributed by atoms with Gasteiger partial charge in [-0.2, -0.15) is 0 Å². The summed E-state index contributed by atoms with van der Waals surface area (Å²) in [5, 5.41) is 1.83. The molecule has 0 bridgehead atoms. The number of sulfonamides is 1. The number of aromatic nitrogens is 1. The molecule has 0 N–H and O–H groups in total. The van der Waals surface area contributed by atoms with Gasteiger partial charge in [0, 0.05) is 48.4 Å². The molecule has 5 rings (SSSR count). The Kier molecular flexibility index (Phi) is 9.75. The molecule has 4 aromatic rings. The first-order valence-corrected chi connectivity index (χ1v) is 16.5. The molecule has 12 heteroatoms. The number of nitrogens with zero attached hydrogens (tertiary/aromatic N) is 3. The molecule has 0 radical (unpaired) electrons. The van der Waals surface area contributed by atoms with Gasteiger partial charge in [-0.05, 0) is 43.5 Å². The molecule has 0 saturated carbocycles. The van der Waals surface area contributed by atoms with Gasteiger partial charge in [0.05, 0.1) is 25.8 Å². The third-order valence-electron chi connectivity index (χ3n) is 7.60. The minimum Gasteiger partial charge on any atom is -0.497 e. The monoisotopic (exact) mass is 645 g/mol. The van der Waals surface area contributed by atoms with Crippen molar-refractivity contribution in [2.45, 2.75) is 43.4 Å². The summed E-state index contributed by atoms with van der Waals surface area (Å²) in [6, 6.07) is 17.8. The number of methoxy groups -OCH3 is 2. The molecule has 0 unspecified atom stereocenters. The molecule has 0 amide bonds. The number of anilines is 1. The van der Waals surface area contributed by atoms with Crippen molar-refractivity contribution in [3.8, 4) is 17.2 Å². The minimum absolute atomic E-state index is 0.0150. The quantitative estimate of drug-likeness (QED) is 0.175. The average Bonchev–Trinajstić information content (AvgIpc) is 3.56. The Morgan fingerprint density at radius 2 is 1.81 bits per heavy atom. The van der Waals surface area contributed by atoms with Gasteiger partial charge in [-0.15, -0.1) is 11.3 Å². The van der Waals surface area contributed by atoms with Crippen LogP contribution in [0.5, 0.6) is 17.2 Å². The Bertz CT molecular complexity index is 1630. The van der Waals surface area contributed by atoms with Gasteiger partial charge in [-0.3, -0.25) is 4.90 Å². The molecule has 1 aliphatic heterocycles. The highest BCUT2D eigenvalue weighted by Gasteiger charge is 2.32. The summed E-state index contributed by atoms with van der Waals surface area (Å²) >= 11 is 7.64. The molecule has 1 aliphatic rings. The molecule has 0 aliphatic carbocycles. The lowest BCUT2D eigenvalue weighted by Crippen LogP contribution is -2.39. The van der Waals surface area contributed by atoms with E-state index in [1.807, 2.05) is 18.2 Å². The predicted octanol–water partition coefficient (Wildman–Crippen LogP) is 6.95. The van der Waals surface area contributed by atoms with Crippen molar-refractivity contribution in [3.63, 3.8) is 0 Å². The van der Waals surface area contributed by atoms with Gasteiger partial charge in [-0.1, -0.05) is 41.9 Å². The van der Waals surface area contributed by atoms with E-state index in [0.29, 0.717) is 17.1 Å². The molecule has 1 saturated heterocycles. The van der Waals surface area contributed by atoms with Crippen molar-refractivity contribution < 1.29 is 27.0 Å². The molecule has 228 valence electrons. The van der Waals surface area contributed by atoms with Crippen LogP contribution in [0.25, 0.3) is 0 Å². The van der Waals surface area contributed by atoms with Crippen LogP contribution in [-0.2, 0) is 16.6 Å². The maximum atomic E-state index is 15.6. The fraction of sp³-hybridized carbons (Fsp3) is 0.323. The van der Waals surface area contributed by atoms with Crippen LogP contribution in [0.2, 0.25) is 5.02 Å². The van der Waals surface area contributed by atoms with Gasteiger partial charge < -0.3 is 14.2 Å². The summed E-state index contributed by atoms with van der Waals surface area (Å²) in [4.78, 5) is 6.01. The van der Waals surface area contributed by atoms with Crippen LogP contribution < -0.4 is 18.5 Å². The van der Waals surface area contributed by atoms with E-state index in [9.17, 15) is 8.42 Å². The van der Waals surface area contributed by atoms with Gasteiger partial charge in [0.1, 0.15) is 34.1 Å². The van der Waals surface area contributed by atoms with Crippen molar-refractivity contribution in [1.82, 2.24) is 9.88 Å². The van der Waals surface area contributed by atoms with E-state index in [4.69, 9.17) is 25.8 Å². The van der Waals surface area contributed by atoms with E-state index in [2.05, 4.69) is 28.9 Å². The van der Waals surface area contributed by atoms with Gasteiger partial charge in [0.2, 0.25) is 0 Å². The Morgan fingerprint density at radius 1 is 1.07 bits per heavy atom. The molecule has 1 aromatic heterocycles. The second-order valence-electron chi connectivity index (χ2n) is 10.2. The van der Waals surface area contributed by atoms with E-state index in [0.717, 1.165) is 53.7 Å². The van der Waals surface area contributed by atoms with Crippen molar-refractivity contribution in [3.05, 3.63) is 94.2 Å². The normalized spacial score (nSPS) is 15.2. The maximum Gasteiger partial charge on any atom is 0.269 e.